The molecule has 2 aromatic rings. The van der Waals surface area contributed by atoms with Crippen LogP contribution in [0.1, 0.15) is 69.5 Å². The van der Waals surface area contributed by atoms with Gasteiger partial charge in [-0.15, -0.1) is 0 Å². The van der Waals surface area contributed by atoms with E-state index >= 15 is 0 Å². The Balaban J connectivity index is 1.88. The number of aromatic nitrogens is 1. The van der Waals surface area contributed by atoms with Crippen molar-refractivity contribution in [2.24, 2.45) is 0 Å². The highest BCUT2D eigenvalue weighted by atomic mass is 16.4. The molecule has 1 aromatic carbocycles. The molecule has 1 aromatic heterocycles. The average Bonchev–Trinajstić information content (AvgIpc) is 2.66. The van der Waals surface area contributed by atoms with Crippen LogP contribution in [0.5, 0.6) is 0 Å². The SMILES string of the molecule is CCCCCCCCN(C(=O)[O-])c1c2c(nc3ccccc13)CCCC2. The van der Waals surface area contributed by atoms with Crippen LogP contribution >= 0.6 is 0 Å². The standard InChI is InChI=1S/C22H30N2O2/c1-2-3-4-5-6-11-16-24(22(25)26)21-17-12-7-9-14-19(17)23-20-15-10-8-13-18(20)21/h7,9,12,14H,2-6,8,10-11,13,15-16H2,1H3,(H,25,26)/p-1. The van der Waals surface area contributed by atoms with Crippen LogP contribution in [-0.2, 0) is 12.8 Å². The van der Waals surface area contributed by atoms with Crippen LogP contribution in [0.25, 0.3) is 10.9 Å². The number of carboxylic acid groups (broad SMARTS) is 1. The second-order valence-corrected chi connectivity index (χ2v) is 7.30. The zero-order chi connectivity index (χ0) is 18.4. The van der Waals surface area contributed by atoms with Crippen LogP contribution in [-0.4, -0.2) is 17.6 Å². The lowest BCUT2D eigenvalue weighted by atomic mass is 9.92. The van der Waals surface area contributed by atoms with Gasteiger partial charge in [0.05, 0.1) is 11.2 Å². The fraction of sp³-hybridized carbons (Fsp3) is 0.545. The summed E-state index contributed by atoms with van der Waals surface area (Å²) in [5, 5.41) is 12.9. The van der Waals surface area contributed by atoms with Crippen LogP contribution in [0.4, 0.5) is 10.5 Å². The van der Waals surface area contributed by atoms with Gasteiger partial charge in [0.25, 0.3) is 0 Å². The van der Waals surface area contributed by atoms with Gasteiger partial charge >= 0.3 is 0 Å². The number of pyridine rings is 1. The van der Waals surface area contributed by atoms with Crippen molar-refractivity contribution in [2.75, 3.05) is 11.4 Å². The first-order valence-electron chi connectivity index (χ1n) is 10.1. The van der Waals surface area contributed by atoms with Crippen molar-refractivity contribution in [3.8, 4) is 0 Å². The number of carbonyl (C=O) groups excluding carboxylic acids is 1. The highest BCUT2D eigenvalue weighted by Crippen LogP contribution is 2.36. The van der Waals surface area contributed by atoms with Gasteiger partial charge in [-0.2, -0.15) is 0 Å². The molecule has 0 N–H and O–H groups in total. The molecule has 4 nitrogen and oxygen atoms in total. The zero-order valence-corrected chi connectivity index (χ0v) is 15.8. The minimum atomic E-state index is -1.09. The molecule has 1 aliphatic carbocycles. The third kappa shape index (κ3) is 4.17. The van der Waals surface area contributed by atoms with E-state index in [1.807, 2.05) is 24.3 Å². The molecule has 0 spiro atoms. The van der Waals surface area contributed by atoms with Gasteiger partial charge < -0.3 is 14.8 Å². The fourth-order valence-corrected chi connectivity index (χ4v) is 4.00. The molecule has 0 aliphatic heterocycles. The zero-order valence-electron chi connectivity index (χ0n) is 15.8. The van der Waals surface area contributed by atoms with Gasteiger partial charge in [-0.05, 0) is 43.7 Å². The Labute approximate surface area is 156 Å². The second-order valence-electron chi connectivity index (χ2n) is 7.30. The molecule has 3 rings (SSSR count). The molecule has 0 radical (unpaired) electrons. The summed E-state index contributed by atoms with van der Waals surface area (Å²) in [6, 6.07) is 7.89. The maximum atomic E-state index is 12.0. The second kappa shape index (κ2) is 9.02. The Morgan fingerprint density at radius 3 is 2.62 bits per heavy atom. The number of fused-ring (bicyclic) bond motifs is 2. The monoisotopic (exact) mass is 353 g/mol. The van der Waals surface area contributed by atoms with Gasteiger partial charge in [-0.25, -0.2) is 0 Å². The normalized spacial score (nSPS) is 13.6. The maximum Gasteiger partial charge on any atom is 0.141 e. The lowest BCUT2D eigenvalue weighted by molar-refractivity contribution is -0.246. The van der Waals surface area contributed by atoms with Gasteiger partial charge in [-0.1, -0.05) is 57.2 Å². The number of para-hydroxylation sites is 1. The lowest BCUT2D eigenvalue weighted by Gasteiger charge is -2.31. The summed E-state index contributed by atoms with van der Waals surface area (Å²) in [4.78, 5) is 18.3. The molecule has 0 saturated heterocycles. The third-order valence-electron chi connectivity index (χ3n) is 5.36. The average molecular weight is 353 g/mol. The molecular formula is C22H29N2O2-. The van der Waals surface area contributed by atoms with Gasteiger partial charge in [0.2, 0.25) is 0 Å². The molecule has 26 heavy (non-hydrogen) atoms. The predicted octanol–water partition coefficient (Wildman–Crippen LogP) is 4.62. The molecule has 1 amide bonds. The number of unbranched alkanes of at least 4 members (excludes halogenated alkanes) is 5. The van der Waals surface area contributed by atoms with Gasteiger partial charge in [0, 0.05) is 17.6 Å². The Bertz CT molecular complexity index is 757. The summed E-state index contributed by atoms with van der Waals surface area (Å²) >= 11 is 0. The Morgan fingerprint density at radius 2 is 1.81 bits per heavy atom. The number of anilines is 1. The van der Waals surface area contributed by atoms with Crippen molar-refractivity contribution < 1.29 is 9.90 Å². The highest BCUT2D eigenvalue weighted by Gasteiger charge is 2.22. The van der Waals surface area contributed by atoms with Crippen molar-refractivity contribution in [2.45, 2.75) is 71.1 Å². The van der Waals surface area contributed by atoms with Gasteiger partial charge in [0.15, 0.2) is 0 Å². The highest BCUT2D eigenvalue weighted by molar-refractivity contribution is 6.01. The molecule has 1 aliphatic rings. The third-order valence-corrected chi connectivity index (χ3v) is 5.36. The molecule has 1 heterocycles. The largest absolute Gasteiger partial charge is 0.530 e. The molecule has 0 saturated carbocycles. The van der Waals surface area contributed by atoms with E-state index in [-0.39, 0.29) is 0 Å². The first-order valence-corrected chi connectivity index (χ1v) is 10.1. The van der Waals surface area contributed by atoms with E-state index in [0.29, 0.717) is 6.54 Å². The minimum absolute atomic E-state index is 0.509. The Kier molecular flexibility index (Phi) is 6.48. The van der Waals surface area contributed by atoms with Crippen molar-refractivity contribution in [1.29, 1.82) is 0 Å². The number of amides is 1. The first-order chi connectivity index (χ1) is 12.7. The Morgan fingerprint density at radius 1 is 1.08 bits per heavy atom. The fourth-order valence-electron chi connectivity index (χ4n) is 4.00. The summed E-state index contributed by atoms with van der Waals surface area (Å²) < 4.78 is 0. The van der Waals surface area contributed by atoms with Crippen molar-refractivity contribution in [3.05, 3.63) is 35.5 Å². The smallest absolute Gasteiger partial charge is 0.141 e. The maximum absolute atomic E-state index is 12.0. The lowest BCUT2D eigenvalue weighted by Crippen LogP contribution is -2.43. The first kappa shape index (κ1) is 18.7. The number of nitrogens with zero attached hydrogens (tertiary/aromatic N) is 2. The van der Waals surface area contributed by atoms with Crippen LogP contribution in [0.2, 0.25) is 0 Å². The van der Waals surface area contributed by atoms with Crippen molar-refractivity contribution in [3.63, 3.8) is 0 Å². The molecule has 4 heteroatoms. The summed E-state index contributed by atoms with van der Waals surface area (Å²) in [6.45, 7) is 2.71. The number of carbonyl (C=O) groups is 1. The number of hydrogen-bond donors (Lipinski definition) is 0. The van der Waals surface area contributed by atoms with E-state index in [1.54, 1.807) is 0 Å². The predicted molar refractivity (Wildman–Crippen MR) is 105 cm³/mol. The minimum Gasteiger partial charge on any atom is -0.530 e. The molecule has 0 atom stereocenters. The summed E-state index contributed by atoms with van der Waals surface area (Å²) in [6.07, 6.45) is 9.79. The molecular weight excluding hydrogens is 324 g/mol. The molecule has 140 valence electrons. The number of benzene rings is 1. The van der Waals surface area contributed by atoms with Crippen LogP contribution < -0.4 is 10.0 Å². The Hall–Kier alpha value is -2.10. The number of aryl methyl sites for hydroxylation is 1. The van der Waals surface area contributed by atoms with E-state index in [0.717, 1.165) is 66.4 Å². The molecule has 0 fully saturated rings. The quantitative estimate of drug-likeness (QED) is 0.651. The van der Waals surface area contributed by atoms with Crippen LogP contribution in [0, 0.1) is 0 Å². The van der Waals surface area contributed by atoms with E-state index < -0.39 is 6.09 Å². The van der Waals surface area contributed by atoms with E-state index in [9.17, 15) is 9.90 Å². The van der Waals surface area contributed by atoms with E-state index in [4.69, 9.17) is 4.98 Å². The van der Waals surface area contributed by atoms with Crippen molar-refractivity contribution in [1.82, 2.24) is 4.98 Å². The molecule has 0 bridgehead atoms. The summed E-state index contributed by atoms with van der Waals surface area (Å²) in [7, 11) is 0. The van der Waals surface area contributed by atoms with E-state index in [2.05, 4.69) is 6.92 Å². The number of rotatable bonds is 8. The van der Waals surface area contributed by atoms with Gasteiger partial charge in [0.1, 0.15) is 6.09 Å². The van der Waals surface area contributed by atoms with Crippen LogP contribution in [0.3, 0.4) is 0 Å². The topological polar surface area (TPSA) is 56.3 Å². The molecule has 0 unspecified atom stereocenters. The summed E-state index contributed by atoms with van der Waals surface area (Å²) in [5.74, 6) is 0. The van der Waals surface area contributed by atoms with Gasteiger partial charge in [-0.3, -0.25) is 4.98 Å². The van der Waals surface area contributed by atoms with Crippen LogP contribution in [0.15, 0.2) is 24.3 Å². The number of hydrogen-bond acceptors (Lipinski definition) is 3. The van der Waals surface area contributed by atoms with Crippen molar-refractivity contribution >= 4 is 22.7 Å². The summed E-state index contributed by atoms with van der Waals surface area (Å²) in [5.41, 5.74) is 3.90. The van der Waals surface area contributed by atoms with E-state index in [1.165, 1.54) is 30.6 Å².